The van der Waals surface area contributed by atoms with Crippen LogP contribution in [0.4, 0.5) is 10.1 Å². The molecule has 260 valence electrons. The lowest BCUT2D eigenvalue weighted by Gasteiger charge is -2.32. The molecule has 1 fully saturated rings. The molecular formula is C39H37FN6O5. The highest BCUT2D eigenvalue weighted by molar-refractivity contribution is 6.03. The summed E-state index contributed by atoms with van der Waals surface area (Å²) in [5.41, 5.74) is 1.40. The SMILES string of the molecule is COc1cc2c(Oc3ccc(NC(=O)c4nc5ccccc5n(-c5ccccc5)c4=O)cc3F)ccnc2cc1OCCCN1CCN(C)CC1. The molecule has 1 N–H and O–H groups in total. The number of carbonyl (C=O) groups is 1. The largest absolute Gasteiger partial charge is 0.493 e. The third-order valence-corrected chi connectivity index (χ3v) is 8.86. The van der Waals surface area contributed by atoms with E-state index < -0.39 is 17.3 Å². The zero-order chi connectivity index (χ0) is 35.3. The average Bonchev–Trinajstić information content (AvgIpc) is 3.15. The first kappa shape index (κ1) is 33.6. The van der Waals surface area contributed by atoms with Gasteiger partial charge in [-0.25, -0.2) is 9.37 Å². The van der Waals surface area contributed by atoms with Crippen LogP contribution in [0.3, 0.4) is 0 Å². The summed E-state index contributed by atoms with van der Waals surface area (Å²) in [5.74, 6) is -0.134. The zero-order valence-electron chi connectivity index (χ0n) is 28.3. The number of piperazine rings is 1. The van der Waals surface area contributed by atoms with E-state index in [9.17, 15) is 9.59 Å². The Labute approximate surface area is 293 Å². The van der Waals surface area contributed by atoms with Gasteiger partial charge in [-0.05, 0) is 62.0 Å². The highest BCUT2D eigenvalue weighted by Crippen LogP contribution is 2.38. The molecule has 7 rings (SSSR count). The van der Waals surface area contributed by atoms with Crippen molar-refractivity contribution in [1.82, 2.24) is 24.3 Å². The van der Waals surface area contributed by atoms with Crippen LogP contribution in [0, 0.1) is 5.82 Å². The van der Waals surface area contributed by atoms with Crippen molar-refractivity contribution in [2.45, 2.75) is 6.42 Å². The monoisotopic (exact) mass is 688 g/mol. The number of fused-ring (bicyclic) bond motifs is 2. The number of pyridine rings is 1. The molecule has 0 bridgehead atoms. The normalized spacial score (nSPS) is 13.7. The number of methoxy groups -OCH3 is 1. The maximum absolute atomic E-state index is 15.5. The van der Waals surface area contributed by atoms with Crippen molar-refractivity contribution in [3.63, 3.8) is 0 Å². The smallest absolute Gasteiger partial charge is 0.287 e. The number of aromatic nitrogens is 3. The molecule has 12 heteroatoms. The highest BCUT2D eigenvalue weighted by Gasteiger charge is 2.20. The summed E-state index contributed by atoms with van der Waals surface area (Å²) >= 11 is 0. The van der Waals surface area contributed by atoms with Crippen LogP contribution in [-0.4, -0.2) is 83.7 Å². The maximum Gasteiger partial charge on any atom is 0.287 e. The number of para-hydroxylation sites is 3. The van der Waals surface area contributed by atoms with E-state index in [4.69, 9.17) is 14.2 Å². The van der Waals surface area contributed by atoms with Crippen molar-refractivity contribution in [2.75, 3.05) is 58.8 Å². The van der Waals surface area contributed by atoms with Gasteiger partial charge < -0.3 is 29.3 Å². The first-order valence-electron chi connectivity index (χ1n) is 16.7. The fourth-order valence-electron chi connectivity index (χ4n) is 6.11. The van der Waals surface area contributed by atoms with Crippen LogP contribution in [0.25, 0.3) is 27.6 Å². The lowest BCUT2D eigenvalue weighted by molar-refractivity contribution is 0.102. The van der Waals surface area contributed by atoms with E-state index in [2.05, 4.69) is 32.1 Å². The molecule has 2 aromatic heterocycles. The summed E-state index contributed by atoms with van der Waals surface area (Å²) in [7, 11) is 3.70. The molecule has 11 nitrogen and oxygen atoms in total. The topological polar surface area (TPSA) is 111 Å². The number of carbonyl (C=O) groups excluding carboxylic acids is 1. The first-order chi connectivity index (χ1) is 24.9. The molecule has 0 unspecified atom stereocenters. The van der Waals surface area contributed by atoms with Crippen molar-refractivity contribution in [3.8, 4) is 28.7 Å². The molecule has 1 amide bonds. The van der Waals surface area contributed by atoms with Gasteiger partial charge in [-0.15, -0.1) is 0 Å². The molecule has 0 atom stereocenters. The number of benzene rings is 4. The van der Waals surface area contributed by atoms with E-state index in [0.717, 1.165) is 45.2 Å². The molecule has 6 aromatic rings. The molecule has 51 heavy (non-hydrogen) atoms. The first-order valence-corrected chi connectivity index (χ1v) is 16.7. The Morgan fingerprint density at radius 2 is 1.65 bits per heavy atom. The lowest BCUT2D eigenvalue weighted by atomic mass is 10.1. The fraction of sp³-hybridized carbons (Fsp3) is 0.231. The Hall–Kier alpha value is -5.85. The van der Waals surface area contributed by atoms with Crippen molar-refractivity contribution < 1.29 is 23.4 Å². The molecular weight excluding hydrogens is 651 g/mol. The van der Waals surface area contributed by atoms with E-state index in [1.165, 1.54) is 16.7 Å². The highest BCUT2D eigenvalue weighted by atomic mass is 19.1. The maximum atomic E-state index is 15.5. The molecule has 0 radical (unpaired) electrons. The molecule has 1 saturated heterocycles. The summed E-state index contributed by atoms with van der Waals surface area (Å²) in [6.07, 6.45) is 2.45. The predicted octanol–water partition coefficient (Wildman–Crippen LogP) is 6.14. The molecule has 0 saturated carbocycles. The molecule has 1 aliphatic heterocycles. The van der Waals surface area contributed by atoms with Crippen molar-refractivity contribution in [3.05, 3.63) is 119 Å². The van der Waals surface area contributed by atoms with Gasteiger partial charge in [0.1, 0.15) is 5.75 Å². The number of likely N-dealkylation sites (N-methyl/N-ethyl adjacent to an activating group) is 1. The molecule has 1 aliphatic rings. The Morgan fingerprint density at radius 3 is 2.43 bits per heavy atom. The van der Waals surface area contributed by atoms with Gasteiger partial charge in [0.15, 0.2) is 28.8 Å². The summed E-state index contributed by atoms with van der Waals surface area (Å²) in [6, 6.07) is 25.3. The number of anilines is 1. The number of halogens is 1. The quantitative estimate of drug-likeness (QED) is 0.161. The number of hydrogen-bond donors (Lipinski definition) is 1. The molecule has 3 heterocycles. The Bertz CT molecular complexity index is 2260. The Morgan fingerprint density at radius 1 is 0.863 bits per heavy atom. The van der Waals surface area contributed by atoms with E-state index in [-0.39, 0.29) is 17.1 Å². The van der Waals surface area contributed by atoms with Gasteiger partial charge in [0, 0.05) is 67.8 Å². The minimum absolute atomic E-state index is 0.0704. The third kappa shape index (κ3) is 7.37. The third-order valence-electron chi connectivity index (χ3n) is 8.86. The summed E-state index contributed by atoms with van der Waals surface area (Å²) in [4.78, 5) is 40.5. The van der Waals surface area contributed by atoms with Gasteiger partial charge in [-0.3, -0.25) is 19.1 Å². The number of amides is 1. The van der Waals surface area contributed by atoms with Crippen molar-refractivity contribution in [2.24, 2.45) is 0 Å². The lowest BCUT2D eigenvalue weighted by Crippen LogP contribution is -2.44. The molecule has 0 spiro atoms. The number of rotatable bonds is 11. The number of hydrogen-bond acceptors (Lipinski definition) is 9. The summed E-state index contributed by atoms with van der Waals surface area (Å²) in [5, 5.41) is 3.22. The van der Waals surface area contributed by atoms with E-state index in [1.54, 1.807) is 80.0 Å². The van der Waals surface area contributed by atoms with Crippen LogP contribution in [0.1, 0.15) is 16.9 Å². The predicted molar refractivity (Wildman–Crippen MR) is 194 cm³/mol. The van der Waals surface area contributed by atoms with Gasteiger partial charge in [0.2, 0.25) is 0 Å². The zero-order valence-corrected chi connectivity index (χ0v) is 28.3. The number of nitrogens with zero attached hydrogens (tertiary/aromatic N) is 5. The second kappa shape index (κ2) is 15.0. The summed E-state index contributed by atoms with van der Waals surface area (Å²) in [6.45, 7) is 5.74. The van der Waals surface area contributed by atoms with Crippen LogP contribution in [0.5, 0.6) is 23.0 Å². The Kier molecular flexibility index (Phi) is 9.86. The van der Waals surface area contributed by atoms with Crippen LogP contribution >= 0.6 is 0 Å². The standard InChI is InChI=1S/C39H37FN6O5/c1-44-18-20-45(21-19-44)17-8-22-50-36-25-31-28(24-35(36)49-2)33(15-16-41-31)51-34-14-13-26(23-29(34)40)42-38(47)37-39(48)46(27-9-4-3-5-10-27)32-12-7-6-11-30(32)43-37/h3-7,9-16,23-25H,8,17-22H2,1-2H3,(H,42,47). The van der Waals surface area contributed by atoms with Crippen molar-refractivity contribution in [1.29, 1.82) is 0 Å². The van der Waals surface area contributed by atoms with E-state index in [0.29, 0.717) is 51.5 Å². The minimum Gasteiger partial charge on any atom is -0.493 e. The number of ether oxygens (including phenoxy) is 3. The molecule has 0 aliphatic carbocycles. The second-order valence-electron chi connectivity index (χ2n) is 12.3. The van der Waals surface area contributed by atoms with Crippen LogP contribution < -0.4 is 25.1 Å². The van der Waals surface area contributed by atoms with Crippen molar-refractivity contribution >= 4 is 33.5 Å². The van der Waals surface area contributed by atoms with E-state index in [1.807, 2.05) is 6.07 Å². The van der Waals surface area contributed by atoms with Crippen LogP contribution in [0.2, 0.25) is 0 Å². The van der Waals surface area contributed by atoms with E-state index >= 15 is 4.39 Å². The number of nitrogens with one attached hydrogen (secondary N) is 1. The van der Waals surface area contributed by atoms with Crippen LogP contribution in [-0.2, 0) is 0 Å². The fourth-order valence-corrected chi connectivity index (χ4v) is 6.11. The minimum atomic E-state index is -0.770. The average molecular weight is 689 g/mol. The molecule has 4 aromatic carbocycles. The van der Waals surface area contributed by atoms with Gasteiger partial charge >= 0.3 is 0 Å². The Balaban J connectivity index is 1.07. The summed E-state index contributed by atoms with van der Waals surface area (Å²) < 4.78 is 34.6. The van der Waals surface area contributed by atoms with Gasteiger partial charge in [-0.1, -0.05) is 30.3 Å². The van der Waals surface area contributed by atoms with Gasteiger partial charge in [0.05, 0.1) is 30.3 Å². The van der Waals surface area contributed by atoms with Crippen LogP contribution in [0.15, 0.2) is 102 Å². The second-order valence-corrected chi connectivity index (χ2v) is 12.3. The van der Waals surface area contributed by atoms with Gasteiger partial charge in [-0.2, -0.15) is 0 Å². The van der Waals surface area contributed by atoms with Gasteiger partial charge in [0.25, 0.3) is 11.5 Å².